The molecule has 1 saturated heterocycles. The number of nitrogens with zero attached hydrogens (tertiary/aromatic N) is 1. The lowest BCUT2D eigenvalue weighted by molar-refractivity contribution is -0.115. The largest absolute Gasteiger partial charge is 0.297 e. The van der Waals surface area contributed by atoms with Crippen molar-refractivity contribution in [1.82, 2.24) is 5.32 Å². The Balaban J connectivity index is 2.05. The average molecular weight is 280 g/mol. The minimum atomic E-state index is -0.178. The van der Waals surface area contributed by atoms with Gasteiger partial charge in [0, 0.05) is 5.69 Å². The van der Waals surface area contributed by atoms with Crippen LogP contribution in [-0.4, -0.2) is 11.0 Å². The fourth-order valence-electron chi connectivity index (χ4n) is 2.10. The molecule has 0 atom stereocenters. The maximum atomic E-state index is 12.1. The summed E-state index contributed by atoms with van der Waals surface area (Å²) < 4.78 is 0. The Hall–Kier alpha value is -2.46. The first-order valence-corrected chi connectivity index (χ1v) is 6.64. The Morgan fingerprint density at radius 3 is 2.20 bits per heavy atom. The lowest BCUT2D eigenvalue weighted by Gasteiger charge is -2.17. The van der Waals surface area contributed by atoms with Crippen molar-refractivity contribution in [2.75, 3.05) is 4.90 Å². The van der Waals surface area contributed by atoms with E-state index in [-0.39, 0.29) is 5.91 Å². The third-order valence-corrected chi connectivity index (χ3v) is 3.30. The molecule has 0 unspecified atom stereocenters. The van der Waals surface area contributed by atoms with Gasteiger partial charge in [-0.1, -0.05) is 48.5 Å². The van der Waals surface area contributed by atoms with Gasteiger partial charge in [0.1, 0.15) is 5.70 Å². The van der Waals surface area contributed by atoms with Crippen LogP contribution in [-0.2, 0) is 4.79 Å². The molecule has 0 aromatic heterocycles. The zero-order chi connectivity index (χ0) is 13.9. The highest BCUT2D eigenvalue weighted by Gasteiger charge is 2.31. The van der Waals surface area contributed by atoms with E-state index in [9.17, 15) is 4.79 Å². The molecule has 0 bridgehead atoms. The van der Waals surface area contributed by atoms with Crippen molar-refractivity contribution in [1.29, 1.82) is 0 Å². The molecule has 1 aliphatic heterocycles. The first-order valence-electron chi connectivity index (χ1n) is 6.23. The van der Waals surface area contributed by atoms with Crippen molar-refractivity contribution in [3.8, 4) is 0 Å². The molecular weight excluding hydrogens is 268 g/mol. The van der Waals surface area contributed by atoms with Crippen LogP contribution in [0.3, 0.4) is 0 Å². The Kier molecular flexibility index (Phi) is 3.31. The number of hydrogen-bond donors (Lipinski definition) is 1. The predicted octanol–water partition coefficient (Wildman–Crippen LogP) is 2.95. The van der Waals surface area contributed by atoms with Crippen molar-refractivity contribution >= 4 is 35.0 Å². The number of para-hydroxylation sites is 1. The Labute approximate surface area is 122 Å². The zero-order valence-electron chi connectivity index (χ0n) is 10.6. The van der Waals surface area contributed by atoms with E-state index >= 15 is 0 Å². The molecule has 0 radical (unpaired) electrons. The summed E-state index contributed by atoms with van der Waals surface area (Å²) in [5.41, 5.74) is 2.37. The molecule has 2 aromatic carbocycles. The topological polar surface area (TPSA) is 32.3 Å². The average Bonchev–Trinajstić information content (AvgIpc) is 2.75. The molecule has 20 heavy (non-hydrogen) atoms. The molecule has 98 valence electrons. The third-order valence-electron chi connectivity index (χ3n) is 3.01. The Morgan fingerprint density at radius 2 is 1.55 bits per heavy atom. The quantitative estimate of drug-likeness (QED) is 0.678. The van der Waals surface area contributed by atoms with Crippen LogP contribution in [0.5, 0.6) is 0 Å². The molecule has 1 amide bonds. The Bertz CT molecular complexity index is 680. The van der Waals surface area contributed by atoms with Crippen molar-refractivity contribution in [2.45, 2.75) is 0 Å². The fraction of sp³-hybridized carbons (Fsp3) is 0. The molecule has 0 saturated carbocycles. The number of hydrogen-bond acceptors (Lipinski definition) is 2. The van der Waals surface area contributed by atoms with Crippen molar-refractivity contribution < 1.29 is 4.79 Å². The van der Waals surface area contributed by atoms with Crippen molar-refractivity contribution in [2.24, 2.45) is 0 Å². The number of rotatable bonds is 2. The summed E-state index contributed by atoms with van der Waals surface area (Å²) in [5.74, 6) is -0.178. The predicted molar refractivity (Wildman–Crippen MR) is 84.1 cm³/mol. The molecule has 3 rings (SSSR count). The Morgan fingerprint density at radius 1 is 0.950 bits per heavy atom. The molecular formula is C16H12N2OS. The number of carbonyl (C=O) groups is 1. The SMILES string of the molecule is O=C1NC(=S)N(c2ccccc2)/C1=C/c1ccccc1. The first-order chi connectivity index (χ1) is 9.75. The normalized spacial score (nSPS) is 16.6. The summed E-state index contributed by atoms with van der Waals surface area (Å²) >= 11 is 5.25. The van der Waals surface area contributed by atoms with Gasteiger partial charge in [-0.05, 0) is 36.0 Å². The zero-order valence-corrected chi connectivity index (χ0v) is 11.4. The van der Waals surface area contributed by atoms with Gasteiger partial charge in [0.05, 0.1) is 0 Å². The van der Waals surface area contributed by atoms with E-state index in [1.807, 2.05) is 66.7 Å². The smallest absolute Gasteiger partial charge is 0.274 e. The van der Waals surface area contributed by atoms with E-state index in [4.69, 9.17) is 12.2 Å². The van der Waals surface area contributed by atoms with Gasteiger partial charge < -0.3 is 0 Å². The number of amides is 1. The second-order valence-electron chi connectivity index (χ2n) is 4.37. The molecule has 2 aromatic rings. The first kappa shape index (κ1) is 12.6. The number of thiocarbonyl (C=S) groups is 1. The number of benzene rings is 2. The molecule has 1 aliphatic rings. The van der Waals surface area contributed by atoms with E-state index in [1.54, 1.807) is 4.90 Å². The summed E-state index contributed by atoms with van der Waals surface area (Å²) in [6, 6.07) is 19.3. The molecule has 1 fully saturated rings. The minimum Gasteiger partial charge on any atom is -0.297 e. The third kappa shape index (κ3) is 2.33. The van der Waals surface area contributed by atoms with Crippen LogP contribution >= 0.6 is 12.2 Å². The van der Waals surface area contributed by atoms with Gasteiger partial charge in [-0.2, -0.15) is 0 Å². The van der Waals surface area contributed by atoms with E-state index in [2.05, 4.69) is 5.32 Å². The van der Waals surface area contributed by atoms with Gasteiger partial charge in [-0.15, -0.1) is 0 Å². The summed E-state index contributed by atoms with van der Waals surface area (Å²) in [7, 11) is 0. The second-order valence-corrected chi connectivity index (χ2v) is 4.76. The second kappa shape index (κ2) is 5.27. The van der Waals surface area contributed by atoms with Crippen LogP contribution in [0.4, 0.5) is 5.69 Å². The van der Waals surface area contributed by atoms with E-state index < -0.39 is 0 Å². The summed E-state index contributed by atoms with van der Waals surface area (Å²) in [6.07, 6.45) is 1.83. The van der Waals surface area contributed by atoms with Gasteiger partial charge >= 0.3 is 0 Å². The summed E-state index contributed by atoms with van der Waals surface area (Å²) in [4.78, 5) is 13.8. The maximum absolute atomic E-state index is 12.1. The molecule has 1 heterocycles. The van der Waals surface area contributed by atoms with Crippen LogP contribution in [0.1, 0.15) is 5.56 Å². The highest BCUT2D eigenvalue weighted by Crippen LogP contribution is 2.24. The fourth-order valence-corrected chi connectivity index (χ4v) is 2.40. The van der Waals surface area contributed by atoms with Gasteiger partial charge in [0.25, 0.3) is 5.91 Å². The van der Waals surface area contributed by atoms with Crippen LogP contribution in [0.25, 0.3) is 6.08 Å². The summed E-state index contributed by atoms with van der Waals surface area (Å²) in [6.45, 7) is 0. The highest BCUT2D eigenvalue weighted by molar-refractivity contribution is 7.80. The van der Waals surface area contributed by atoms with Gasteiger partial charge in [-0.25, -0.2) is 0 Å². The van der Waals surface area contributed by atoms with Crippen molar-refractivity contribution in [3.05, 3.63) is 71.9 Å². The monoisotopic (exact) mass is 280 g/mol. The molecule has 1 N–H and O–H groups in total. The van der Waals surface area contributed by atoms with Gasteiger partial charge in [0.15, 0.2) is 5.11 Å². The van der Waals surface area contributed by atoms with Crippen LogP contribution in [0.15, 0.2) is 66.4 Å². The maximum Gasteiger partial charge on any atom is 0.274 e. The lowest BCUT2D eigenvalue weighted by Crippen LogP contribution is -2.26. The van der Waals surface area contributed by atoms with Gasteiger partial charge in [-0.3, -0.25) is 15.0 Å². The molecule has 0 spiro atoms. The number of carbonyl (C=O) groups excluding carboxylic acids is 1. The molecule has 3 nitrogen and oxygen atoms in total. The number of nitrogens with one attached hydrogen (secondary N) is 1. The van der Waals surface area contributed by atoms with E-state index in [0.717, 1.165) is 11.3 Å². The van der Waals surface area contributed by atoms with Gasteiger partial charge in [0.2, 0.25) is 0 Å². The van der Waals surface area contributed by atoms with E-state index in [0.29, 0.717) is 10.8 Å². The molecule has 4 heteroatoms. The van der Waals surface area contributed by atoms with Crippen LogP contribution < -0.4 is 10.2 Å². The van der Waals surface area contributed by atoms with E-state index in [1.165, 1.54) is 0 Å². The number of anilines is 1. The van der Waals surface area contributed by atoms with Crippen LogP contribution in [0, 0.1) is 0 Å². The van der Waals surface area contributed by atoms with Crippen molar-refractivity contribution in [3.63, 3.8) is 0 Å². The molecule has 0 aliphatic carbocycles. The standard InChI is InChI=1S/C16H12N2OS/c19-15-14(11-12-7-3-1-4-8-12)18(16(20)17-15)13-9-5-2-6-10-13/h1-11H,(H,17,19,20)/b14-11+. The minimum absolute atomic E-state index is 0.178. The lowest BCUT2D eigenvalue weighted by atomic mass is 10.2. The van der Waals surface area contributed by atoms with Crippen LogP contribution in [0.2, 0.25) is 0 Å². The highest BCUT2D eigenvalue weighted by atomic mass is 32.1. The summed E-state index contributed by atoms with van der Waals surface area (Å²) in [5, 5.41) is 3.09.